The highest BCUT2D eigenvalue weighted by Gasteiger charge is 2.32. The van der Waals surface area contributed by atoms with Gasteiger partial charge >= 0.3 is 0 Å². The van der Waals surface area contributed by atoms with Crippen LogP contribution in [0, 0.1) is 6.92 Å². The first-order valence-corrected chi connectivity index (χ1v) is 11.5. The van der Waals surface area contributed by atoms with Crippen molar-refractivity contribution in [2.45, 2.75) is 53.0 Å². The Morgan fingerprint density at radius 2 is 1.54 bits per heavy atom. The van der Waals surface area contributed by atoms with Crippen LogP contribution in [0.15, 0.2) is 42.5 Å². The van der Waals surface area contributed by atoms with Crippen molar-refractivity contribution in [2.75, 3.05) is 15.9 Å². The minimum absolute atomic E-state index is 0.316. The van der Waals surface area contributed by atoms with Crippen LogP contribution >= 0.6 is 0 Å². The van der Waals surface area contributed by atoms with Gasteiger partial charge in [0.25, 0.3) is 0 Å². The molecule has 6 heteroatoms. The molecule has 0 aliphatic rings. The van der Waals surface area contributed by atoms with E-state index >= 15 is 0 Å². The largest absolute Gasteiger partial charge is 0.324 e. The Bertz CT molecular complexity index is 899. The molecule has 0 spiro atoms. The van der Waals surface area contributed by atoms with Crippen LogP contribution in [0.4, 0.5) is 11.4 Å². The summed E-state index contributed by atoms with van der Waals surface area (Å²) in [6, 6.07) is 12.3. The molecule has 2 aromatic rings. The predicted octanol–water partition coefficient (Wildman–Crippen LogP) is 4.30. The van der Waals surface area contributed by atoms with Crippen LogP contribution in [0.1, 0.15) is 43.9 Å². The first kappa shape index (κ1) is 22.0. The molecule has 5 nitrogen and oxygen atoms in total. The molecule has 28 heavy (non-hydrogen) atoms. The fourth-order valence-corrected chi connectivity index (χ4v) is 4.57. The quantitative estimate of drug-likeness (QED) is 0.716. The lowest BCUT2D eigenvalue weighted by Crippen LogP contribution is -2.47. The molecule has 0 fully saturated rings. The van der Waals surface area contributed by atoms with Crippen LogP contribution in [0.2, 0.25) is 0 Å². The molecule has 0 unspecified atom stereocenters. The van der Waals surface area contributed by atoms with Crippen molar-refractivity contribution >= 4 is 27.3 Å². The number of aryl methyl sites for hydroxylation is 3. The lowest BCUT2D eigenvalue weighted by molar-refractivity contribution is -0.117. The van der Waals surface area contributed by atoms with Crippen LogP contribution in [0.3, 0.4) is 0 Å². The van der Waals surface area contributed by atoms with E-state index in [1.807, 2.05) is 58.0 Å². The maximum atomic E-state index is 13.2. The third kappa shape index (κ3) is 4.93. The molecule has 152 valence electrons. The Kier molecular flexibility index (Phi) is 7.24. The molecule has 1 atom stereocenters. The Balaban J connectivity index is 2.44. The lowest BCUT2D eigenvalue weighted by Gasteiger charge is -2.30. The average molecular weight is 403 g/mol. The maximum Gasteiger partial charge on any atom is 0.248 e. The number of para-hydroxylation sites is 1. The van der Waals surface area contributed by atoms with Gasteiger partial charge in [-0.3, -0.25) is 9.10 Å². The molecule has 0 aliphatic carbocycles. The van der Waals surface area contributed by atoms with Gasteiger partial charge in [-0.2, -0.15) is 0 Å². The van der Waals surface area contributed by atoms with E-state index in [1.165, 1.54) is 4.31 Å². The van der Waals surface area contributed by atoms with Gasteiger partial charge in [0.15, 0.2) is 0 Å². The van der Waals surface area contributed by atoms with Gasteiger partial charge in [-0.25, -0.2) is 8.42 Å². The van der Waals surface area contributed by atoms with Gasteiger partial charge in [-0.05, 0) is 49.4 Å². The number of hydrogen-bond acceptors (Lipinski definition) is 3. The van der Waals surface area contributed by atoms with Crippen molar-refractivity contribution in [3.8, 4) is 0 Å². The van der Waals surface area contributed by atoms with Crippen molar-refractivity contribution in [1.29, 1.82) is 0 Å². The highest BCUT2D eigenvalue weighted by atomic mass is 32.2. The van der Waals surface area contributed by atoms with E-state index in [1.54, 1.807) is 12.1 Å². The first-order valence-electron chi connectivity index (χ1n) is 9.70. The average Bonchev–Trinajstić information content (AvgIpc) is 2.66. The van der Waals surface area contributed by atoms with Gasteiger partial charge in [0.05, 0.1) is 11.9 Å². The van der Waals surface area contributed by atoms with E-state index in [2.05, 4.69) is 5.32 Å². The van der Waals surface area contributed by atoms with Gasteiger partial charge in [0, 0.05) is 5.69 Å². The molecule has 0 aliphatic heterocycles. The molecule has 1 amide bonds. The van der Waals surface area contributed by atoms with Crippen LogP contribution in [-0.4, -0.2) is 26.6 Å². The molecule has 0 saturated carbocycles. The molecule has 0 saturated heterocycles. The van der Waals surface area contributed by atoms with E-state index in [0.29, 0.717) is 12.1 Å². The Hall–Kier alpha value is -2.34. The number of carbonyl (C=O) groups excluding carboxylic acids is 1. The molecule has 0 bridgehead atoms. The summed E-state index contributed by atoms with van der Waals surface area (Å²) >= 11 is 0. The smallest absolute Gasteiger partial charge is 0.248 e. The van der Waals surface area contributed by atoms with E-state index in [0.717, 1.165) is 41.5 Å². The zero-order chi connectivity index (χ0) is 20.9. The van der Waals surface area contributed by atoms with Gasteiger partial charge in [-0.1, -0.05) is 56.7 Å². The number of hydrogen-bond donors (Lipinski definition) is 1. The maximum absolute atomic E-state index is 13.2. The standard InChI is InChI=1S/C22H30N2O3S/c1-6-17-10-9-11-18(7-2)21(17)23-22(25)20(8-3)24(28(5,26)27)19-14-12-16(4)13-15-19/h9-15,20H,6-8H2,1-5H3,(H,23,25)/t20-/m1/s1. The van der Waals surface area contributed by atoms with E-state index in [-0.39, 0.29) is 5.91 Å². The monoisotopic (exact) mass is 402 g/mol. The van der Waals surface area contributed by atoms with Crippen LogP contribution in [0.5, 0.6) is 0 Å². The summed E-state index contributed by atoms with van der Waals surface area (Å²) in [5, 5.41) is 3.02. The number of nitrogens with zero attached hydrogens (tertiary/aromatic N) is 1. The zero-order valence-corrected chi connectivity index (χ0v) is 18.1. The van der Waals surface area contributed by atoms with E-state index in [9.17, 15) is 13.2 Å². The SMILES string of the molecule is CCc1cccc(CC)c1NC(=O)[C@@H](CC)N(c1ccc(C)cc1)S(C)(=O)=O. The third-order valence-corrected chi connectivity index (χ3v) is 6.05. The molecular weight excluding hydrogens is 372 g/mol. The van der Waals surface area contributed by atoms with E-state index < -0.39 is 16.1 Å². The first-order chi connectivity index (χ1) is 13.2. The van der Waals surface area contributed by atoms with Crippen LogP contribution in [-0.2, 0) is 27.7 Å². The predicted molar refractivity (Wildman–Crippen MR) is 116 cm³/mol. The normalized spacial score (nSPS) is 12.5. The van der Waals surface area contributed by atoms with Gasteiger partial charge < -0.3 is 5.32 Å². The highest BCUT2D eigenvalue weighted by Crippen LogP contribution is 2.26. The second-order valence-corrected chi connectivity index (χ2v) is 8.83. The van der Waals surface area contributed by atoms with E-state index in [4.69, 9.17) is 0 Å². The summed E-state index contributed by atoms with van der Waals surface area (Å²) in [5.74, 6) is -0.316. The second kappa shape index (κ2) is 9.24. The van der Waals surface area contributed by atoms with Crippen LogP contribution < -0.4 is 9.62 Å². The number of rotatable bonds is 8. The van der Waals surface area contributed by atoms with Crippen molar-refractivity contribution in [2.24, 2.45) is 0 Å². The Labute approximate surface area is 168 Å². The topological polar surface area (TPSA) is 66.5 Å². The van der Waals surface area contributed by atoms with Crippen molar-refractivity contribution in [3.05, 3.63) is 59.2 Å². The summed E-state index contributed by atoms with van der Waals surface area (Å²) in [4.78, 5) is 13.2. The number of carbonyl (C=O) groups is 1. The summed E-state index contributed by atoms with van der Waals surface area (Å²) in [5.41, 5.74) is 4.41. The minimum atomic E-state index is -3.64. The van der Waals surface area contributed by atoms with Gasteiger partial charge in [0.2, 0.25) is 15.9 Å². The van der Waals surface area contributed by atoms with Gasteiger partial charge in [-0.15, -0.1) is 0 Å². The summed E-state index contributed by atoms with van der Waals surface area (Å²) in [6.07, 6.45) is 3.07. The Morgan fingerprint density at radius 3 is 1.96 bits per heavy atom. The molecule has 0 heterocycles. The van der Waals surface area contributed by atoms with Gasteiger partial charge in [0.1, 0.15) is 6.04 Å². The molecule has 2 aromatic carbocycles. The molecular formula is C22H30N2O3S. The van der Waals surface area contributed by atoms with Crippen molar-refractivity contribution in [1.82, 2.24) is 0 Å². The number of amides is 1. The summed E-state index contributed by atoms with van der Waals surface area (Å²) in [7, 11) is -3.64. The molecule has 2 rings (SSSR count). The minimum Gasteiger partial charge on any atom is -0.324 e. The second-order valence-electron chi connectivity index (χ2n) is 6.97. The fraction of sp³-hybridized carbons (Fsp3) is 0.409. The molecule has 0 aromatic heterocycles. The van der Waals surface area contributed by atoms with Crippen molar-refractivity contribution < 1.29 is 13.2 Å². The number of anilines is 2. The number of sulfonamides is 1. The molecule has 1 N–H and O–H groups in total. The number of nitrogens with one attached hydrogen (secondary N) is 1. The zero-order valence-electron chi connectivity index (χ0n) is 17.3. The fourth-order valence-electron chi connectivity index (χ4n) is 3.36. The highest BCUT2D eigenvalue weighted by molar-refractivity contribution is 7.92. The van der Waals surface area contributed by atoms with Crippen LogP contribution in [0.25, 0.3) is 0 Å². The third-order valence-electron chi connectivity index (χ3n) is 4.87. The number of benzene rings is 2. The molecule has 0 radical (unpaired) electrons. The lowest BCUT2D eigenvalue weighted by atomic mass is 10.0. The Morgan fingerprint density at radius 1 is 1.00 bits per heavy atom. The summed E-state index contributed by atoms with van der Waals surface area (Å²) in [6.45, 7) is 7.84. The summed E-state index contributed by atoms with van der Waals surface area (Å²) < 4.78 is 26.4. The van der Waals surface area contributed by atoms with Crippen molar-refractivity contribution in [3.63, 3.8) is 0 Å².